The first-order valence-electron chi connectivity index (χ1n) is 14.5. The summed E-state index contributed by atoms with van der Waals surface area (Å²) in [5, 5.41) is 0. The molecule has 2 aromatic carbocycles. The summed E-state index contributed by atoms with van der Waals surface area (Å²) in [6.07, 6.45) is 18.0. The molecule has 0 saturated heterocycles. The summed E-state index contributed by atoms with van der Waals surface area (Å²) >= 11 is -4.48. The van der Waals surface area contributed by atoms with Crippen LogP contribution in [0, 0.1) is 5.41 Å². The third-order valence-electron chi connectivity index (χ3n) is 12.3. The van der Waals surface area contributed by atoms with Crippen molar-refractivity contribution in [3.05, 3.63) is 88.5 Å². The van der Waals surface area contributed by atoms with Gasteiger partial charge < -0.3 is 24.8 Å². The first-order chi connectivity index (χ1) is 16.5. The van der Waals surface area contributed by atoms with Gasteiger partial charge >= 0.3 is 217 Å². The molecule has 2 unspecified atom stereocenters. The summed E-state index contributed by atoms with van der Waals surface area (Å²) < 4.78 is 12.5. The zero-order valence-corrected chi connectivity index (χ0v) is 30.3. The Hall–Kier alpha value is -0.660. The van der Waals surface area contributed by atoms with Gasteiger partial charge in [0.2, 0.25) is 0 Å². The molecule has 0 bridgehead atoms. The first kappa shape index (κ1) is 31.9. The molecule has 0 saturated carbocycles. The largest absolute Gasteiger partial charge is 1.00 e. The molecule has 209 valence electrons. The normalized spacial score (nSPS) is 22.9. The Kier molecular flexibility index (Phi) is 7.48. The average molecular weight is 648 g/mol. The number of allylic oxidation sites excluding steroid dienone is 5. The summed E-state index contributed by atoms with van der Waals surface area (Å²) in [4.78, 5) is 0. The third kappa shape index (κ3) is 4.49. The van der Waals surface area contributed by atoms with Crippen molar-refractivity contribution in [2.24, 2.45) is 5.41 Å². The molecule has 3 aliphatic rings. The minimum absolute atomic E-state index is 0. The molecule has 0 nitrogen and oxygen atoms in total. The van der Waals surface area contributed by atoms with E-state index in [4.69, 9.17) is 0 Å². The topological polar surface area (TPSA) is 0 Å². The van der Waals surface area contributed by atoms with Gasteiger partial charge in [-0.1, -0.05) is 0 Å². The molecule has 0 N–H and O–H groups in total. The fraction of sp³-hybridized carbons (Fsp3) is 0.471. The van der Waals surface area contributed by atoms with E-state index in [-0.39, 0.29) is 24.8 Å². The molecule has 0 radical (unpaired) electrons. The van der Waals surface area contributed by atoms with E-state index in [9.17, 15) is 0 Å². The van der Waals surface area contributed by atoms with Crippen LogP contribution in [0.3, 0.4) is 0 Å². The maximum atomic E-state index is 2.86. The summed E-state index contributed by atoms with van der Waals surface area (Å²) in [6.45, 7) is 12.5. The summed E-state index contributed by atoms with van der Waals surface area (Å²) in [6, 6.07) is 13.9. The molecule has 0 aliphatic heterocycles. The van der Waals surface area contributed by atoms with Crippen LogP contribution < -0.4 is 24.8 Å². The fourth-order valence-corrected chi connectivity index (χ4v) is 36.9. The predicted octanol–water partition coefficient (Wildman–Crippen LogP) is 4.58. The van der Waals surface area contributed by atoms with Gasteiger partial charge in [0.25, 0.3) is 0 Å². The number of hydrogen-bond acceptors (Lipinski definition) is 0. The second-order valence-corrected chi connectivity index (χ2v) is 83.8. The number of fused-ring (bicyclic) bond motifs is 2. The molecule has 2 atom stereocenters. The van der Waals surface area contributed by atoms with E-state index in [1.807, 2.05) is 0 Å². The van der Waals surface area contributed by atoms with Crippen LogP contribution in [0.2, 0.25) is 35.2 Å². The van der Waals surface area contributed by atoms with Gasteiger partial charge in [-0.05, 0) is 0 Å². The Morgan fingerprint density at radius 3 is 2.16 bits per heavy atom. The van der Waals surface area contributed by atoms with Gasteiger partial charge in [0.05, 0.1) is 0 Å². The zero-order valence-electron chi connectivity index (χ0n) is 25.2. The van der Waals surface area contributed by atoms with E-state index in [0.29, 0.717) is 12.7 Å². The van der Waals surface area contributed by atoms with Crippen molar-refractivity contribution < 1.29 is 39.8 Å². The molecule has 0 spiro atoms. The van der Waals surface area contributed by atoms with Gasteiger partial charge in [0.1, 0.15) is 0 Å². The SMILES string of the molecule is C[SiH](C)[Zr]([CH3])([CH3])([CH3])([CH3])([CH]1C=CC(CC(C)(C)C)=C1)[CH]1C=Cc2c1cc1c(c2-c2ccccc2)CCC1.[Cl-].[Cl-]. The molecule has 0 amide bonds. The van der Waals surface area contributed by atoms with Crippen LogP contribution in [0.25, 0.3) is 17.2 Å². The molecule has 4 heteroatoms. The number of hydrogen-bond donors (Lipinski definition) is 0. The summed E-state index contributed by atoms with van der Waals surface area (Å²) in [5.41, 5.74) is 11.2. The molecule has 0 aromatic heterocycles. The van der Waals surface area contributed by atoms with Crippen molar-refractivity contribution in [1.29, 1.82) is 0 Å². The van der Waals surface area contributed by atoms with Crippen LogP contribution in [0.15, 0.2) is 66.3 Å². The zero-order chi connectivity index (χ0) is 26.3. The van der Waals surface area contributed by atoms with Crippen molar-refractivity contribution in [2.75, 3.05) is 0 Å². The maximum absolute atomic E-state index is 4.48. The van der Waals surface area contributed by atoms with E-state index in [1.54, 1.807) is 22.3 Å². The molecule has 0 fully saturated rings. The van der Waals surface area contributed by atoms with Crippen molar-refractivity contribution in [1.82, 2.24) is 0 Å². The van der Waals surface area contributed by atoms with E-state index in [0.717, 1.165) is 6.42 Å². The second-order valence-electron chi connectivity index (χ2n) is 17.9. The molecule has 0 heterocycles. The van der Waals surface area contributed by atoms with E-state index >= 15 is 0 Å². The molecular weight excluding hydrogens is 599 g/mol. The maximum Gasteiger partial charge on any atom is -1.00 e. The van der Waals surface area contributed by atoms with Crippen molar-refractivity contribution in [3.8, 4) is 11.1 Å². The van der Waals surface area contributed by atoms with Gasteiger partial charge in [-0.25, -0.2) is 0 Å². The van der Waals surface area contributed by atoms with Gasteiger partial charge in [0, 0.05) is 0 Å². The number of rotatable bonds is 5. The van der Waals surface area contributed by atoms with E-state index in [1.165, 1.54) is 36.0 Å². The second kappa shape index (κ2) is 8.92. The first-order valence-corrected chi connectivity index (χ1v) is 34.3. The minimum atomic E-state index is -4.48. The Labute approximate surface area is 240 Å². The average Bonchev–Trinajstić information content (AvgIpc) is 3.51. The summed E-state index contributed by atoms with van der Waals surface area (Å²) in [5.74, 6) is -1.16. The minimum Gasteiger partial charge on any atom is -1.00 e. The van der Waals surface area contributed by atoms with Crippen molar-refractivity contribution in [2.45, 2.75) is 85.3 Å². The molecular formula is C34H49Cl2SiZr-2. The van der Waals surface area contributed by atoms with Crippen molar-refractivity contribution >= 4 is 12.0 Å². The molecule has 38 heavy (non-hydrogen) atoms. The van der Waals surface area contributed by atoms with Crippen LogP contribution in [0.4, 0.5) is 0 Å². The monoisotopic (exact) mass is 645 g/mol. The number of benzene rings is 2. The summed E-state index contributed by atoms with van der Waals surface area (Å²) in [7, 11) is 0. The predicted molar refractivity (Wildman–Crippen MR) is 163 cm³/mol. The molecule has 3 aliphatic carbocycles. The van der Waals surface area contributed by atoms with Gasteiger partial charge in [-0.2, -0.15) is 0 Å². The smallest absolute Gasteiger partial charge is 1.00 e. The van der Waals surface area contributed by atoms with E-state index in [2.05, 4.69) is 119 Å². The quantitative estimate of drug-likeness (QED) is 0.418. The number of halogens is 2. The van der Waals surface area contributed by atoms with E-state index < -0.39 is 20.9 Å². The van der Waals surface area contributed by atoms with Crippen LogP contribution in [-0.2, 0) is 27.8 Å². The molecule has 5 rings (SSSR count). The molecule has 2 aromatic rings. The van der Waals surface area contributed by atoms with Gasteiger partial charge in [-0.3, -0.25) is 0 Å². The standard InChI is InChI=1S/C18H15.C10H15.C2H7Si.4CH3.2ClH.Zr/c1-2-6-13(7-3-1)18-16-10-4-8-14(16)12-15-9-5-11-17(15)18;1-10(2,3)8-9-6-4-5-7-9;1-3-2;;;;;;;/h1-4,6-8,10,12H,5,9,11H2;4-7H,8H2,1-3H3;3H,1-2H3;4*1H3;2*1H;/p-2. The van der Waals surface area contributed by atoms with Crippen LogP contribution in [0.1, 0.15) is 59.5 Å². The van der Waals surface area contributed by atoms with Gasteiger partial charge in [-0.15, -0.1) is 0 Å². The van der Waals surface area contributed by atoms with Crippen LogP contribution in [-0.4, -0.2) is 5.92 Å². The van der Waals surface area contributed by atoms with Crippen LogP contribution >= 0.6 is 0 Å². The Bertz CT molecular complexity index is 1360. The van der Waals surface area contributed by atoms with Gasteiger partial charge in [0.15, 0.2) is 0 Å². The number of aryl methyl sites for hydroxylation is 1. The fourth-order valence-electron chi connectivity index (χ4n) is 7.93. The van der Waals surface area contributed by atoms with Crippen LogP contribution in [0.5, 0.6) is 0 Å². The Morgan fingerprint density at radius 1 is 0.895 bits per heavy atom. The van der Waals surface area contributed by atoms with Crippen molar-refractivity contribution in [3.63, 3.8) is 0 Å². The Morgan fingerprint density at radius 2 is 1.55 bits per heavy atom. The third-order valence-corrected chi connectivity index (χ3v) is 85.0. The Balaban J connectivity index is 0.00000200.